The number of hydrogen-bond acceptors (Lipinski definition) is 5. The SMILES string of the molecule is CCOC(=O)CN=C1CCCCC1C(=O)OCC. The average molecular weight is 255 g/mol. The van der Waals surface area contributed by atoms with Crippen LogP contribution in [0.1, 0.15) is 39.5 Å². The maximum Gasteiger partial charge on any atom is 0.327 e. The van der Waals surface area contributed by atoms with Gasteiger partial charge >= 0.3 is 11.9 Å². The van der Waals surface area contributed by atoms with Crippen LogP contribution in [0.5, 0.6) is 0 Å². The lowest BCUT2D eigenvalue weighted by molar-refractivity contribution is -0.146. The molecule has 0 aromatic carbocycles. The van der Waals surface area contributed by atoms with Gasteiger partial charge < -0.3 is 9.47 Å². The summed E-state index contributed by atoms with van der Waals surface area (Å²) in [6.07, 6.45) is 3.54. The molecule has 0 amide bonds. The zero-order chi connectivity index (χ0) is 13.4. The normalized spacial score (nSPS) is 21.7. The Bertz CT molecular complexity index is 325. The number of carbonyl (C=O) groups is 2. The monoisotopic (exact) mass is 255 g/mol. The van der Waals surface area contributed by atoms with Gasteiger partial charge in [-0.05, 0) is 33.1 Å². The Balaban J connectivity index is 2.61. The van der Waals surface area contributed by atoms with E-state index in [9.17, 15) is 9.59 Å². The number of carbonyl (C=O) groups excluding carboxylic acids is 2. The van der Waals surface area contributed by atoms with Gasteiger partial charge in [0.2, 0.25) is 0 Å². The van der Waals surface area contributed by atoms with E-state index in [0.717, 1.165) is 31.4 Å². The number of aliphatic imine (C=N–C) groups is 1. The van der Waals surface area contributed by atoms with Gasteiger partial charge in [0.05, 0.1) is 19.1 Å². The van der Waals surface area contributed by atoms with Crippen LogP contribution in [-0.2, 0) is 19.1 Å². The number of nitrogens with zero attached hydrogens (tertiary/aromatic N) is 1. The Morgan fingerprint density at radius 3 is 2.61 bits per heavy atom. The summed E-state index contributed by atoms with van der Waals surface area (Å²) in [5.41, 5.74) is 0.785. The third kappa shape index (κ3) is 4.47. The molecule has 0 N–H and O–H groups in total. The molecule has 1 atom stereocenters. The third-order valence-corrected chi connectivity index (χ3v) is 2.87. The summed E-state index contributed by atoms with van der Waals surface area (Å²) < 4.78 is 9.84. The van der Waals surface area contributed by atoms with Crippen molar-refractivity contribution in [2.75, 3.05) is 19.8 Å². The highest BCUT2D eigenvalue weighted by Gasteiger charge is 2.28. The van der Waals surface area contributed by atoms with Crippen molar-refractivity contribution in [3.63, 3.8) is 0 Å². The molecule has 0 spiro atoms. The summed E-state index contributed by atoms with van der Waals surface area (Å²) >= 11 is 0. The number of hydrogen-bond donors (Lipinski definition) is 0. The zero-order valence-electron chi connectivity index (χ0n) is 11.1. The lowest BCUT2D eigenvalue weighted by atomic mass is 9.87. The van der Waals surface area contributed by atoms with E-state index >= 15 is 0 Å². The summed E-state index contributed by atoms with van der Waals surface area (Å²) in [5.74, 6) is -0.842. The van der Waals surface area contributed by atoms with E-state index in [1.54, 1.807) is 13.8 Å². The van der Waals surface area contributed by atoms with E-state index in [1.165, 1.54) is 0 Å². The van der Waals surface area contributed by atoms with Gasteiger partial charge in [0, 0.05) is 5.71 Å². The quantitative estimate of drug-likeness (QED) is 0.702. The number of ether oxygens (including phenoxy) is 2. The topological polar surface area (TPSA) is 65.0 Å². The van der Waals surface area contributed by atoms with Crippen LogP contribution in [0, 0.1) is 5.92 Å². The highest BCUT2D eigenvalue weighted by molar-refractivity contribution is 6.03. The second kappa shape index (κ2) is 7.84. The molecule has 0 bridgehead atoms. The lowest BCUT2D eigenvalue weighted by Gasteiger charge is -2.22. The lowest BCUT2D eigenvalue weighted by Crippen LogP contribution is -2.30. The smallest absolute Gasteiger partial charge is 0.327 e. The number of esters is 2. The molecular formula is C13H21NO4. The van der Waals surface area contributed by atoms with Crippen molar-refractivity contribution in [1.29, 1.82) is 0 Å². The van der Waals surface area contributed by atoms with Gasteiger partial charge in [-0.1, -0.05) is 6.42 Å². The second-order valence-corrected chi connectivity index (χ2v) is 4.16. The van der Waals surface area contributed by atoms with Gasteiger partial charge in [0.15, 0.2) is 0 Å². The molecule has 0 radical (unpaired) electrons. The summed E-state index contributed by atoms with van der Waals surface area (Å²) in [6, 6.07) is 0. The Morgan fingerprint density at radius 2 is 1.94 bits per heavy atom. The van der Waals surface area contributed by atoms with Gasteiger partial charge in [-0.25, -0.2) is 0 Å². The molecule has 1 fully saturated rings. The van der Waals surface area contributed by atoms with Gasteiger partial charge in [0.1, 0.15) is 6.54 Å². The molecule has 0 saturated heterocycles. The van der Waals surface area contributed by atoms with Gasteiger partial charge in [-0.3, -0.25) is 14.6 Å². The molecule has 1 unspecified atom stereocenters. The summed E-state index contributed by atoms with van der Waals surface area (Å²) in [7, 11) is 0. The first-order valence-corrected chi connectivity index (χ1v) is 6.54. The standard InChI is InChI=1S/C13H21NO4/c1-3-17-12(15)9-14-11-8-6-5-7-10(11)13(16)18-4-2/h10H,3-9H2,1-2H3. The molecule has 1 rings (SSSR count). The van der Waals surface area contributed by atoms with Crippen LogP contribution in [0.4, 0.5) is 0 Å². The first-order valence-electron chi connectivity index (χ1n) is 6.54. The molecule has 0 aromatic rings. The molecule has 0 aliphatic heterocycles. The minimum absolute atomic E-state index is 0.000914. The minimum Gasteiger partial charge on any atom is -0.465 e. The van der Waals surface area contributed by atoms with Gasteiger partial charge in [0.25, 0.3) is 0 Å². The molecule has 1 aliphatic rings. The summed E-state index contributed by atoms with van der Waals surface area (Å²) in [6.45, 7) is 4.27. The van der Waals surface area contributed by atoms with E-state index in [2.05, 4.69) is 4.99 Å². The van der Waals surface area contributed by atoms with Crippen LogP contribution < -0.4 is 0 Å². The van der Waals surface area contributed by atoms with Gasteiger partial charge in [-0.2, -0.15) is 0 Å². The minimum atomic E-state index is -0.349. The summed E-state index contributed by atoms with van der Waals surface area (Å²) in [5, 5.41) is 0. The fourth-order valence-electron chi connectivity index (χ4n) is 2.05. The van der Waals surface area contributed by atoms with Crippen molar-refractivity contribution in [3.8, 4) is 0 Å². The zero-order valence-corrected chi connectivity index (χ0v) is 11.1. The Labute approximate surface area is 108 Å². The predicted molar refractivity (Wildman–Crippen MR) is 67.5 cm³/mol. The maximum atomic E-state index is 11.8. The second-order valence-electron chi connectivity index (χ2n) is 4.16. The Kier molecular flexibility index (Phi) is 6.39. The van der Waals surface area contributed by atoms with E-state index in [-0.39, 0.29) is 24.4 Å². The summed E-state index contributed by atoms with van der Waals surface area (Å²) in [4.78, 5) is 27.2. The molecule has 102 valence electrons. The molecule has 0 aromatic heterocycles. The van der Waals surface area contributed by atoms with Crippen molar-refractivity contribution in [2.45, 2.75) is 39.5 Å². The molecule has 5 nitrogen and oxygen atoms in total. The van der Waals surface area contributed by atoms with Crippen molar-refractivity contribution < 1.29 is 19.1 Å². The van der Waals surface area contributed by atoms with Crippen LogP contribution in [0.2, 0.25) is 0 Å². The van der Waals surface area contributed by atoms with Crippen molar-refractivity contribution in [2.24, 2.45) is 10.9 Å². The molecule has 0 heterocycles. The van der Waals surface area contributed by atoms with Crippen LogP contribution in [0.15, 0.2) is 4.99 Å². The highest BCUT2D eigenvalue weighted by Crippen LogP contribution is 2.23. The van der Waals surface area contributed by atoms with Crippen LogP contribution in [0.3, 0.4) is 0 Å². The third-order valence-electron chi connectivity index (χ3n) is 2.87. The van der Waals surface area contributed by atoms with Crippen molar-refractivity contribution in [1.82, 2.24) is 0 Å². The van der Waals surface area contributed by atoms with E-state index < -0.39 is 0 Å². The fourth-order valence-corrected chi connectivity index (χ4v) is 2.05. The van der Waals surface area contributed by atoms with Crippen LogP contribution >= 0.6 is 0 Å². The Hall–Kier alpha value is -1.39. The molecular weight excluding hydrogens is 234 g/mol. The largest absolute Gasteiger partial charge is 0.465 e. The number of rotatable bonds is 5. The first-order chi connectivity index (χ1) is 8.69. The maximum absolute atomic E-state index is 11.8. The van der Waals surface area contributed by atoms with E-state index in [1.807, 2.05) is 0 Å². The molecule has 18 heavy (non-hydrogen) atoms. The van der Waals surface area contributed by atoms with E-state index in [4.69, 9.17) is 9.47 Å². The highest BCUT2D eigenvalue weighted by atomic mass is 16.5. The van der Waals surface area contributed by atoms with Crippen molar-refractivity contribution in [3.05, 3.63) is 0 Å². The van der Waals surface area contributed by atoms with Crippen LogP contribution in [-0.4, -0.2) is 37.4 Å². The first kappa shape index (κ1) is 14.7. The molecule has 1 saturated carbocycles. The Morgan fingerprint density at radius 1 is 1.22 bits per heavy atom. The van der Waals surface area contributed by atoms with Crippen LogP contribution in [0.25, 0.3) is 0 Å². The average Bonchev–Trinajstić information content (AvgIpc) is 2.37. The van der Waals surface area contributed by atoms with Crippen molar-refractivity contribution >= 4 is 17.7 Å². The molecule has 5 heteroatoms. The fraction of sp³-hybridized carbons (Fsp3) is 0.769. The van der Waals surface area contributed by atoms with Gasteiger partial charge in [-0.15, -0.1) is 0 Å². The van der Waals surface area contributed by atoms with E-state index in [0.29, 0.717) is 13.2 Å². The predicted octanol–water partition coefficient (Wildman–Crippen LogP) is 1.74. The molecule has 1 aliphatic carbocycles.